The summed E-state index contributed by atoms with van der Waals surface area (Å²) >= 11 is 15.8. The van der Waals surface area contributed by atoms with Gasteiger partial charge in [0.25, 0.3) is 5.91 Å². The molecule has 174 valence electrons. The van der Waals surface area contributed by atoms with Crippen molar-refractivity contribution >= 4 is 74.3 Å². The first kappa shape index (κ1) is 25.4. The first-order chi connectivity index (χ1) is 16.2. The van der Waals surface area contributed by atoms with Gasteiger partial charge in [0.15, 0.2) is 5.76 Å². The Hall–Kier alpha value is -3.25. The molecular formula is C24H18BrCl2N3O4. The fraction of sp³-hybridized carbons (Fsp3) is 0.125. The second-order valence-electron chi connectivity index (χ2n) is 6.92. The molecule has 2 N–H and O–H groups in total. The first-order valence-electron chi connectivity index (χ1n) is 9.94. The Morgan fingerprint density at radius 2 is 2.00 bits per heavy atom. The van der Waals surface area contributed by atoms with Gasteiger partial charge in [-0.3, -0.25) is 4.79 Å². The van der Waals surface area contributed by atoms with Crippen LogP contribution in [-0.4, -0.2) is 18.5 Å². The molecule has 0 aliphatic carbocycles. The van der Waals surface area contributed by atoms with Gasteiger partial charge in [0.05, 0.1) is 6.61 Å². The summed E-state index contributed by atoms with van der Waals surface area (Å²) in [5.41, 5.74) is 1.52. The number of anilines is 3. The molecule has 0 fully saturated rings. The predicted octanol–water partition coefficient (Wildman–Crippen LogP) is 7.12. The lowest BCUT2D eigenvalue weighted by Gasteiger charge is -2.08. The van der Waals surface area contributed by atoms with Crippen molar-refractivity contribution in [1.29, 1.82) is 5.26 Å². The number of nitrogens with zero attached hydrogens (tertiary/aromatic N) is 1. The molecule has 3 aromatic rings. The number of benzene rings is 2. The van der Waals surface area contributed by atoms with Crippen LogP contribution in [-0.2, 0) is 9.53 Å². The summed E-state index contributed by atoms with van der Waals surface area (Å²) in [4.78, 5) is 25.3. The predicted molar refractivity (Wildman–Crippen MR) is 136 cm³/mol. The number of nitrogens with one attached hydrogen (secondary N) is 2. The van der Waals surface area contributed by atoms with Crippen LogP contribution in [0.4, 0.5) is 17.3 Å². The maximum atomic E-state index is 12.7. The molecule has 0 aliphatic rings. The third kappa shape index (κ3) is 6.00. The van der Waals surface area contributed by atoms with Crippen LogP contribution in [0.5, 0.6) is 0 Å². The summed E-state index contributed by atoms with van der Waals surface area (Å²) in [6.07, 6.45) is 1.16. The molecule has 0 radical (unpaired) electrons. The van der Waals surface area contributed by atoms with Gasteiger partial charge < -0.3 is 19.8 Å². The summed E-state index contributed by atoms with van der Waals surface area (Å²) < 4.78 is 11.7. The smallest absolute Gasteiger partial charge is 0.345 e. The number of hydrogen-bond acceptors (Lipinski definition) is 6. The van der Waals surface area contributed by atoms with Crippen LogP contribution in [0.3, 0.4) is 0 Å². The average molecular weight is 563 g/mol. The molecule has 1 heterocycles. The van der Waals surface area contributed by atoms with E-state index in [4.69, 9.17) is 32.4 Å². The van der Waals surface area contributed by atoms with Crippen molar-refractivity contribution in [3.05, 3.63) is 79.4 Å². The topological polar surface area (TPSA) is 104 Å². The molecular weight excluding hydrogens is 545 g/mol. The minimum Gasteiger partial charge on any atom is -0.462 e. The number of amides is 1. The van der Waals surface area contributed by atoms with Crippen LogP contribution in [0, 0.1) is 18.3 Å². The van der Waals surface area contributed by atoms with E-state index in [0.29, 0.717) is 16.4 Å². The molecule has 0 saturated carbocycles. The lowest BCUT2D eigenvalue weighted by Crippen LogP contribution is -2.14. The number of halogens is 3. The Morgan fingerprint density at radius 3 is 2.65 bits per heavy atom. The van der Waals surface area contributed by atoms with Crippen molar-refractivity contribution in [2.75, 3.05) is 17.2 Å². The summed E-state index contributed by atoms with van der Waals surface area (Å²) in [5.74, 6) is -1.47. The zero-order chi connectivity index (χ0) is 24.8. The fourth-order valence-corrected chi connectivity index (χ4v) is 3.85. The number of rotatable bonds is 7. The number of nitriles is 1. The number of ether oxygens (including phenoxy) is 1. The highest BCUT2D eigenvalue weighted by Crippen LogP contribution is 2.36. The Balaban J connectivity index is 1.98. The van der Waals surface area contributed by atoms with E-state index in [1.165, 1.54) is 0 Å². The van der Waals surface area contributed by atoms with Gasteiger partial charge >= 0.3 is 5.97 Å². The Labute approximate surface area is 214 Å². The zero-order valence-electron chi connectivity index (χ0n) is 18.0. The molecule has 1 amide bonds. The van der Waals surface area contributed by atoms with Crippen LogP contribution in [0.15, 0.2) is 56.9 Å². The van der Waals surface area contributed by atoms with E-state index in [-0.39, 0.29) is 34.4 Å². The van der Waals surface area contributed by atoms with Gasteiger partial charge in [-0.25, -0.2) is 4.79 Å². The van der Waals surface area contributed by atoms with E-state index in [2.05, 4.69) is 26.6 Å². The summed E-state index contributed by atoms with van der Waals surface area (Å²) in [6, 6.07) is 13.9. The molecule has 1 aromatic heterocycles. The highest BCUT2D eigenvalue weighted by Gasteiger charge is 2.26. The Kier molecular flexibility index (Phi) is 8.40. The summed E-state index contributed by atoms with van der Waals surface area (Å²) in [5, 5.41) is 15.6. The minimum absolute atomic E-state index is 0.0154. The number of carbonyl (C=O) groups is 2. The lowest BCUT2D eigenvalue weighted by molar-refractivity contribution is -0.112. The van der Waals surface area contributed by atoms with Gasteiger partial charge in [0.1, 0.15) is 22.2 Å². The molecule has 2 aromatic carbocycles. The van der Waals surface area contributed by atoms with E-state index in [1.54, 1.807) is 43.3 Å². The quantitative estimate of drug-likeness (QED) is 0.180. The van der Waals surface area contributed by atoms with Crippen LogP contribution in [0.2, 0.25) is 10.0 Å². The lowest BCUT2D eigenvalue weighted by atomic mass is 10.1. The molecule has 10 heteroatoms. The van der Waals surface area contributed by atoms with Crippen LogP contribution < -0.4 is 10.6 Å². The molecule has 0 saturated heterocycles. The zero-order valence-corrected chi connectivity index (χ0v) is 21.1. The van der Waals surface area contributed by atoms with Gasteiger partial charge in [0.2, 0.25) is 5.88 Å². The molecule has 0 unspecified atom stereocenters. The van der Waals surface area contributed by atoms with Gasteiger partial charge in [-0.2, -0.15) is 5.26 Å². The van der Waals surface area contributed by atoms with E-state index in [1.807, 2.05) is 19.1 Å². The molecule has 0 atom stereocenters. The minimum atomic E-state index is -0.728. The average Bonchev–Trinajstić information content (AvgIpc) is 3.08. The van der Waals surface area contributed by atoms with Crippen molar-refractivity contribution in [1.82, 2.24) is 0 Å². The highest BCUT2D eigenvalue weighted by atomic mass is 79.9. The van der Waals surface area contributed by atoms with E-state index >= 15 is 0 Å². The number of aryl methyl sites for hydroxylation is 1. The first-order valence-corrected chi connectivity index (χ1v) is 11.5. The molecule has 0 bridgehead atoms. The van der Waals surface area contributed by atoms with Crippen molar-refractivity contribution in [3.8, 4) is 6.07 Å². The van der Waals surface area contributed by atoms with E-state index < -0.39 is 11.9 Å². The van der Waals surface area contributed by atoms with Gasteiger partial charge in [-0.1, -0.05) is 45.2 Å². The number of carbonyl (C=O) groups excluding carboxylic acids is 2. The standard InChI is InChI=1S/C24H18BrCl2N3O4/c1-3-33-24(32)20-21(27)19(34-23(20)29-17-6-4-5-16(26)11-17)10-14(12-28)22(31)30-18-8-7-15(25)9-13(18)2/h4-11,29H,3H2,1-2H3,(H,30,31)/b14-10+. The molecule has 3 rings (SSSR count). The second-order valence-corrected chi connectivity index (χ2v) is 8.65. The maximum Gasteiger partial charge on any atom is 0.345 e. The largest absolute Gasteiger partial charge is 0.462 e. The SMILES string of the molecule is CCOC(=O)c1c(Nc2cccc(Cl)c2)oc(/C=C(\C#N)C(=O)Nc2ccc(Br)cc2C)c1Cl. The molecule has 0 aliphatic heterocycles. The summed E-state index contributed by atoms with van der Waals surface area (Å²) in [7, 11) is 0. The van der Waals surface area contributed by atoms with Gasteiger partial charge in [-0.15, -0.1) is 0 Å². The van der Waals surface area contributed by atoms with Crippen LogP contribution in [0.25, 0.3) is 6.08 Å². The normalized spacial score (nSPS) is 11.0. The fourth-order valence-electron chi connectivity index (χ4n) is 2.93. The van der Waals surface area contributed by atoms with Gasteiger partial charge in [0, 0.05) is 26.9 Å². The van der Waals surface area contributed by atoms with Crippen molar-refractivity contribution in [3.63, 3.8) is 0 Å². The Morgan fingerprint density at radius 1 is 1.24 bits per heavy atom. The third-order valence-electron chi connectivity index (χ3n) is 4.51. The second kappa shape index (κ2) is 11.3. The van der Waals surface area contributed by atoms with E-state index in [9.17, 15) is 14.9 Å². The Bertz CT molecular complexity index is 1330. The van der Waals surface area contributed by atoms with Gasteiger partial charge in [-0.05, 0) is 55.8 Å². The molecule has 34 heavy (non-hydrogen) atoms. The molecule has 7 nitrogen and oxygen atoms in total. The van der Waals surface area contributed by atoms with Crippen molar-refractivity contribution in [2.24, 2.45) is 0 Å². The van der Waals surface area contributed by atoms with E-state index in [0.717, 1.165) is 16.1 Å². The van der Waals surface area contributed by atoms with Crippen molar-refractivity contribution < 1.29 is 18.7 Å². The number of furan rings is 1. The summed E-state index contributed by atoms with van der Waals surface area (Å²) in [6.45, 7) is 3.58. The maximum absolute atomic E-state index is 12.7. The van der Waals surface area contributed by atoms with Crippen molar-refractivity contribution in [2.45, 2.75) is 13.8 Å². The molecule has 0 spiro atoms. The van der Waals surface area contributed by atoms with Crippen LogP contribution in [0.1, 0.15) is 28.6 Å². The third-order valence-corrected chi connectivity index (χ3v) is 5.62. The van der Waals surface area contributed by atoms with Crippen LogP contribution >= 0.6 is 39.1 Å². The highest BCUT2D eigenvalue weighted by molar-refractivity contribution is 9.10. The monoisotopic (exact) mass is 561 g/mol. The number of hydrogen-bond donors (Lipinski definition) is 2. The number of esters is 1.